The average molecular weight is 537 g/mol. The van der Waals surface area contributed by atoms with Gasteiger partial charge >= 0.3 is 0 Å². The van der Waals surface area contributed by atoms with Crippen molar-refractivity contribution in [1.82, 2.24) is 5.01 Å². The number of benzene rings is 3. The molecule has 4 nitrogen and oxygen atoms in total. The minimum absolute atomic E-state index is 0.222. The third-order valence-electron chi connectivity index (χ3n) is 5.34. The predicted molar refractivity (Wildman–Crippen MR) is 127 cm³/mol. The van der Waals surface area contributed by atoms with E-state index in [1.54, 1.807) is 35.3 Å². The molecule has 5 rings (SSSR count). The van der Waals surface area contributed by atoms with E-state index in [0.29, 0.717) is 32.8 Å². The van der Waals surface area contributed by atoms with Crippen molar-refractivity contribution < 1.29 is 9.53 Å². The maximum Gasteiger partial charge on any atom is 0.251 e. The number of ketones is 1. The van der Waals surface area contributed by atoms with Gasteiger partial charge in [0, 0.05) is 32.1 Å². The van der Waals surface area contributed by atoms with Gasteiger partial charge in [0.05, 0.1) is 16.8 Å². The third-order valence-corrected chi connectivity index (χ3v) is 6.62. The first kappa shape index (κ1) is 20.8. The van der Waals surface area contributed by atoms with Crippen molar-refractivity contribution in [3.63, 3.8) is 0 Å². The van der Waals surface area contributed by atoms with E-state index in [1.807, 2.05) is 30.3 Å². The van der Waals surface area contributed by atoms with E-state index in [9.17, 15) is 4.79 Å². The Bertz CT molecular complexity index is 1210. The summed E-state index contributed by atoms with van der Waals surface area (Å²) >= 11 is 22.2. The highest BCUT2D eigenvalue weighted by Gasteiger charge is 2.44. The van der Waals surface area contributed by atoms with E-state index in [1.165, 1.54) is 0 Å². The predicted octanol–water partition coefficient (Wildman–Crippen LogP) is 7.16. The molecule has 0 aliphatic carbocycles. The quantitative estimate of drug-likeness (QED) is 0.334. The van der Waals surface area contributed by atoms with Gasteiger partial charge in [0.2, 0.25) is 5.78 Å². The summed E-state index contributed by atoms with van der Waals surface area (Å²) in [7, 11) is 0. The molecule has 156 valence electrons. The molecule has 2 heterocycles. The summed E-state index contributed by atoms with van der Waals surface area (Å²) in [6, 6.07) is 17.8. The van der Waals surface area contributed by atoms with Gasteiger partial charge in [-0.05, 0) is 54.1 Å². The zero-order valence-corrected chi connectivity index (χ0v) is 19.7. The van der Waals surface area contributed by atoms with Crippen molar-refractivity contribution in [3.8, 4) is 5.75 Å². The summed E-state index contributed by atoms with van der Waals surface area (Å²) in [6.07, 6.45) is -0.357. The number of Topliss-reactive ketones (excluding diaryl/α,β-unsaturated/α-hetero) is 1. The number of hydrogen-bond donors (Lipinski definition) is 0. The Morgan fingerprint density at radius 3 is 2.42 bits per heavy atom. The van der Waals surface area contributed by atoms with E-state index < -0.39 is 6.23 Å². The monoisotopic (exact) mass is 534 g/mol. The summed E-state index contributed by atoms with van der Waals surface area (Å²) in [6.45, 7) is 0. The summed E-state index contributed by atoms with van der Waals surface area (Å²) in [5.41, 5.74) is 3.13. The van der Waals surface area contributed by atoms with Crippen molar-refractivity contribution in [2.75, 3.05) is 0 Å². The fraction of sp³-hybridized carbons (Fsp3) is 0.130. The lowest BCUT2D eigenvalue weighted by Gasteiger charge is -2.37. The molecular weight excluding hydrogens is 523 g/mol. The Balaban J connectivity index is 1.59. The highest BCUT2D eigenvalue weighted by molar-refractivity contribution is 9.10. The number of hydrazone groups is 1. The number of nitrogens with zero attached hydrogens (tertiary/aromatic N) is 2. The van der Waals surface area contributed by atoms with Crippen LogP contribution in [-0.4, -0.2) is 22.7 Å². The lowest BCUT2D eigenvalue weighted by atomic mass is 9.95. The molecule has 0 saturated carbocycles. The molecule has 3 aromatic carbocycles. The van der Waals surface area contributed by atoms with Crippen molar-refractivity contribution in [3.05, 3.63) is 96.9 Å². The molecule has 2 aliphatic heterocycles. The molecule has 0 saturated heterocycles. The second-order valence-corrected chi connectivity index (χ2v) is 9.50. The van der Waals surface area contributed by atoms with Crippen LogP contribution in [0.4, 0.5) is 0 Å². The Hall–Kier alpha value is -2.05. The van der Waals surface area contributed by atoms with Crippen LogP contribution >= 0.6 is 50.7 Å². The van der Waals surface area contributed by atoms with Gasteiger partial charge in [-0.1, -0.05) is 62.9 Å². The van der Waals surface area contributed by atoms with Crippen LogP contribution in [0, 0.1) is 0 Å². The molecule has 2 atom stereocenters. The Labute approximate surface area is 202 Å². The van der Waals surface area contributed by atoms with E-state index in [-0.39, 0.29) is 11.8 Å². The van der Waals surface area contributed by atoms with Gasteiger partial charge in [-0.2, -0.15) is 5.10 Å². The molecule has 0 amide bonds. The lowest BCUT2D eigenvalue weighted by Crippen LogP contribution is -2.46. The molecule has 0 fully saturated rings. The standard InChI is InChI=1S/C23H14BrCl3N2O2/c24-14-5-1-12(2-6-14)19-11-20-17-9-16(26)10-18(27)22(17)31-23(29(20)28-19)21(30)13-3-7-15(25)8-4-13/h1-10,20,23H,11H2/t20-,23-/m0/s1. The average Bonchev–Trinajstić information content (AvgIpc) is 3.19. The van der Waals surface area contributed by atoms with Gasteiger partial charge in [-0.15, -0.1) is 0 Å². The van der Waals surface area contributed by atoms with E-state index >= 15 is 0 Å². The van der Waals surface area contributed by atoms with E-state index in [4.69, 9.17) is 44.6 Å². The second-order valence-electron chi connectivity index (χ2n) is 7.30. The number of rotatable bonds is 3. The maximum absolute atomic E-state index is 13.4. The van der Waals surface area contributed by atoms with Crippen LogP contribution in [0.2, 0.25) is 15.1 Å². The summed E-state index contributed by atoms with van der Waals surface area (Å²) < 4.78 is 7.10. The van der Waals surface area contributed by atoms with Crippen LogP contribution in [0.25, 0.3) is 0 Å². The maximum atomic E-state index is 13.4. The number of halogens is 4. The van der Waals surface area contributed by atoms with Crippen LogP contribution in [0.15, 0.2) is 70.2 Å². The molecular formula is C23H14BrCl3N2O2. The summed E-state index contributed by atoms with van der Waals surface area (Å²) in [4.78, 5) is 13.4. The van der Waals surface area contributed by atoms with Crippen LogP contribution < -0.4 is 4.74 Å². The highest BCUT2D eigenvalue weighted by Crippen LogP contribution is 2.47. The normalized spacial score (nSPS) is 19.4. The molecule has 0 radical (unpaired) electrons. The van der Waals surface area contributed by atoms with Gasteiger partial charge < -0.3 is 4.74 Å². The molecule has 0 N–H and O–H groups in total. The Kier molecular flexibility index (Phi) is 5.47. The van der Waals surface area contributed by atoms with E-state index in [0.717, 1.165) is 21.3 Å². The van der Waals surface area contributed by atoms with Gasteiger partial charge in [-0.25, -0.2) is 5.01 Å². The minimum Gasteiger partial charge on any atom is -0.459 e. The first-order chi connectivity index (χ1) is 14.9. The summed E-state index contributed by atoms with van der Waals surface area (Å²) in [5.74, 6) is 0.242. The fourth-order valence-corrected chi connectivity index (χ4v) is 4.80. The van der Waals surface area contributed by atoms with Gasteiger partial charge in [0.15, 0.2) is 0 Å². The zero-order chi connectivity index (χ0) is 21.7. The van der Waals surface area contributed by atoms with Crippen LogP contribution in [0.3, 0.4) is 0 Å². The van der Waals surface area contributed by atoms with Crippen LogP contribution in [0.1, 0.15) is 33.9 Å². The largest absolute Gasteiger partial charge is 0.459 e. The SMILES string of the molecule is O=C(c1ccc(Cl)cc1)[C@@H]1Oc2c(Cl)cc(Cl)cc2[C@@H]2CC(c3ccc(Br)cc3)=NN12. The van der Waals surface area contributed by atoms with Gasteiger partial charge in [0.1, 0.15) is 5.75 Å². The lowest BCUT2D eigenvalue weighted by molar-refractivity contribution is -0.00447. The number of hydrogen-bond acceptors (Lipinski definition) is 4. The van der Waals surface area contributed by atoms with Gasteiger partial charge in [-0.3, -0.25) is 4.79 Å². The van der Waals surface area contributed by atoms with Crippen molar-refractivity contribution >= 4 is 62.2 Å². The zero-order valence-electron chi connectivity index (χ0n) is 15.9. The van der Waals surface area contributed by atoms with Crippen molar-refractivity contribution in [2.24, 2.45) is 5.10 Å². The van der Waals surface area contributed by atoms with Crippen molar-refractivity contribution in [2.45, 2.75) is 18.7 Å². The molecule has 8 heteroatoms. The molecule has 31 heavy (non-hydrogen) atoms. The topological polar surface area (TPSA) is 41.9 Å². The van der Waals surface area contributed by atoms with Crippen LogP contribution in [-0.2, 0) is 0 Å². The van der Waals surface area contributed by atoms with Crippen molar-refractivity contribution in [1.29, 1.82) is 0 Å². The number of ether oxygens (including phenoxy) is 1. The molecule has 0 bridgehead atoms. The Morgan fingerprint density at radius 2 is 1.71 bits per heavy atom. The third kappa shape index (κ3) is 3.85. The Morgan fingerprint density at radius 1 is 1.00 bits per heavy atom. The molecule has 3 aromatic rings. The molecule has 2 aliphatic rings. The molecule has 0 unspecified atom stereocenters. The molecule has 0 aromatic heterocycles. The van der Waals surface area contributed by atoms with Gasteiger partial charge in [0.25, 0.3) is 6.23 Å². The highest BCUT2D eigenvalue weighted by atomic mass is 79.9. The first-order valence-corrected chi connectivity index (χ1v) is 11.4. The molecule has 0 spiro atoms. The smallest absolute Gasteiger partial charge is 0.251 e. The fourth-order valence-electron chi connectivity index (χ4n) is 3.86. The van der Waals surface area contributed by atoms with Crippen LogP contribution in [0.5, 0.6) is 5.75 Å². The second kappa shape index (κ2) is 8.14. The minimum atomic E-state index is -0.953. The summed E-state index contributed by atoms with van der Waals surface area (Å²) in [5, 5.41) is 7.93. The number of fused-ring (bicyclic) bond motifs is 3. The number of carbonyl (C=O) groups is 1. The first-order valence-electron chi connectivity index (χ1n) is 9.48. The van der Waals surface area contributed by atoms with E-state index in [2.05, 4.69) is 15.9 Å². The number of carbonyl (C=O) groups excluding carboxylic acids is 1.